The number of carbonyl (C=O) groups excluding carboxylic acids is 1. The number of aromatic nitrogens is 3. The Hall–Kier alpha value is -3.81. The molecule has 2 aromatic heterocycles. The van der Waals surface area contributed by atoms with Crippen LogP contribution in [0.1, 0.15) is 15.9 Å². The normalized spacial score (nSPS) is 10.9. The quantitative estimate of drug-likeness (QED) is 0.555. The van der Waals surface area contributed by atoms with Crippen LogP contribution in [0.2, 0.25) is 0 Å². The Kier molecular flexibility index (Phi) is 4.90. The van der Waals surface area contributed by atoms with Crippen molar-refractivity contribution in [1.29, 1.82) is 0 Å². The molecule has 1 N–H and O–H groups in total. The molecule has 0 fully saturated rings. The molecule has 0 radical (unpaired) electrons. The Morgan fingerprint density at radius 1 is 1.10 bits per heavy atom. The third-order valence-corrected chi connectivity index (χ3v) is 4.37. The van der Waals surface area contributed by atoms with Crippen LogP contribution in [0.4, 0.5) is 14.5 Å². The number of benzene rings is 2. The van der Waals surface area contributed by atoms with Crippen LogP contribution >= 0.6 is 0 Å². The number of methoxy groups -OCH3 is 1. The number of pyridine rings is 1. The maximum absolute atomic E-state index is 13.8. The van der Waals surface area contributed by atoms with Gasteiger partial charge in [0.1, 0.15) is 0 Å². The van der Waals surface area contributed by atoms with Crippen LogP contribution in [0.3, 0.4) is 0 Å². The molecule has 2 heterocycles. The van der Waals surface area contributed by atoms with Gasteiger partial charge in [0.05, 0.1) is 25.4 Å². The van der Waals surface area contributed by atoms with Crippen LogP contribution in [0, 0.1) is 11.6 Å². The molecule has 8 heteroatoms. The summed E-state index contributed by atoms with van der Waals surface area (Å²) in [7, 11) is 1.17. The van der Waals surface area contributed by atoms with E-state index in [1.165, 1.54) is 13.3 Å². The molecule has 0 saturated carbocycles. The number of halogens is 2. The molecule has 0 unspecified atom stereocenters. The number of hydrogen-bond acceptors (Lipinski definition) is 4. The van der Waals surface area contributed by atoms with Crippen molar-refractivity contribution in [1.82, 2.24) is 14.8 Å². The number of ether oxygens (including phenoxy) is 1. The van der Waals surface area contributed by atoms with Gasteiger partial charge < -0.3 is 10.1 Å². The Labute approximate surface area is 164 Å². The molecule has 0 atom stereocenters. The van der Waals surface area contributed by atoms with Crippen molar-refractivity contribution in [2.75, 3.05) is 12.4 Å². The Morgan fingerprint density at radius 2 is 1.83 bits per heavy atom. The van der Waals surface area contributed by atoms with Gasteiger partial charge in [0.2, 0.25) is 0 Å². The second-order valence-corrected chi connectivity index (χ2v) is 6.35. The van der Waals surface area contributed by atoms with Crippen molar-refractivity contribution in [3.05, 3.63) is 83.7 Å². The van der Waals surface area contributed by atoms with Crippen LogP contribution in [0.5, 0.6) is 5.75 Å². The third kappa shape index (κ3) is 3.77. The number of amides is 1. The highest BCUT2D eigenvalue weighted by Gasteiger charge is 2.15. The van der Waals surface area contributed by atoms with Gasteiger partial charge in [-0.3, -0.25) is 4.79 Å². The summed E-state index contributed by atoms with van der Waals surface area (Å²) < 4.78 is 34.0. The van der Waals surface area contributed by atoms with E-state index in [9.17, 15) is 13.6 Å². The lowest BCUT2D eigenvalue weighted by atomic mass is 10.2. The van der Waals surface area contributed by atoms with Gasteiger partial charge in [0, 0.05) is 29.4 Å². The zero-order valence-corrected chi connectivity index (χ0v) is 15.4. The summed E-state index contributed by atoms with van der Waals surface area (Å²) in [5, 5.41) is 7.47. The lowest BCUT2D eigenvalue weighted by Gasteiger charge is -2.09. The average Bonchev–Trinajstić information content (AvgIpc) is 3.10. The molecule has 1 amide bonds. The van der Waals surface area contributed by atoms with Crippen LogP contribution in [-0.4, -0.2) is 27.8 Å². The lowest BCUT2D eigenvalue weighted by molar-refractivity contribution is 0.102. The maximum atomic E-state index is 13.8. The first-order valence-electron chi connectivity index (χ1n) is 8.75. The third-order valence-electron chi connectivity index (χ3n) is 4.37. The molecule has 0 saturated heterocycles. The highest BCUT2D eigenvalue weighted by atomic mass is 19.1. The topological polar surface area (TPSA) is 69.0 Å². The number of hydrogen-bond donors (Lipinski definition) is 1. The molecule has 4 aromatic rings. The largest absolute Gasteiger partial charge is 0.491 e. The molecular weight excluding hydrogens is 378 g/mol. The summed E-state index contributed by atoms with van der Waals surface area (Å²) in [4.78, 5) is 16.8. The van der Waals surface area contributed by atoms with Gasteiger partial charge in [-0.2, -0.15) is 5.10 Å². The van der Waals surface area contributed by atoms with E-state index in [-0.39, 0.29) is 11.3 Å². The first-order valence-corrected chi connectivity index (χ1v) is 8.75. The molecule has 0 aliphatic heterocycles. The van der Waals surface area contributed by atoms with E-state index in [0.717, 1.165) is 17.7 Å². The van der Waals surface area contributed by atoms with Crippen molar-refractivity contribution in [3.8, 4) is 5.75 Å². The van der Waals surface area contributed by atoms with Gasteiger partial charge in [0.15, 0.2) is 23.0 Å². The molecule has 0 bridgehead atoms. The Bertz CT molecular complexity index is 1170. The van der Waals surface area contributed by atoms with Crippen LogP contribution in [0.15, 0.2) is 60.9 Å². The van der Waals surface area contributed by atoms with Crippen molar-refractivity contribution in [3.63, 3.8) is 0 Å². The van der Waals surface area contributed by atoms with Gasteiger partial charge in [-0.25, -0.2) is 18.4 Å². The Morgan fingerprint density at radius 3 is 2.52 bits per heavy atom. The monoisotopic (exact) mass is 394 g/mol. The van der Waals surface area contributed by atoms with Gasteiger partial charge in [-0.05, 0) is 11.6 Å². The number of nitrogens with one attached hydrogen (secondary N) is 1. The summed E-state index contributed by atoms with van der Waals surface area (Å²) in [6, 6.07) is 13.4. The van der Waals surface area contributed by atoms with Gasteiger partial charge >= 0.3 is 0 Å². The van der Waals surface area contributed by atoms with Crippen LogP contribution in [0.25, 0.3) is 11.0 Å². The number of nitrogens with zero attached hydrogens (tertiary/aromatic N) is 3. The van der Waals surface area contributed by atoms with Crippen LogP contribution in [-0.2, 0) is 6.54 Å². The summed E-state index contributed by atoms with van der Waals surface area (Å²) in [6.45, 7) is 0.549. The number of carbonyl (C=O) groups is 1. The van der Waals surface area contributed by atoms with E-state index in [2.05, 4.69) is 20.1 Å². The maximum Gasteiger partial charge on any atom is 0.257 e. The minimum Gasteiger partial charge on any atom is -0.491 e. The van der Waals surface area contributed by atoms with E-state index in [0.29, 0.717) is 17.6 Å². The average molecular weight is 394 g/mol. The SMILES string of the molecule is COc1c(F)cc(NC(=O)c2cnc3c(cnn3Cc3ccccc3)c2)cc1F. The fourth-order valence-electron chi connectivity index (χ4n) is 3.00. The second-order valence-electron chi connectivity index (χ2n) is 6.35. The standard InChI is InChI=1S/C21H16F2N4O2/c1-29-19-17(22)8-16(9-18(19)23)26-21(28)15-7-14-11-25-27(20(14)24-10-15)12-13-5-3-2-4-6-13/h2-11H,12H2,1H3,(H,26,28). The lowest BCUT2D eigenvalue weighted by Crippen LogP contribution is -2.13. The van der Waals surface area contributed by atoms with E-state index in [1.807, 2.05) is 30.3 Å². The minimum absolute atomic E-state index is 0.0225. The summed E-state index contributed by atoms with van der Waals surface area (Å²) in [5.74, 6) is -2.85. The summed E-state index contributed by atoms with van der Waals surface area (Å²) in [5.41, 5.74) is 1.93. The molecule has 2 aromatic carbocycles. The van der Waals surface area contributed by atoms with E-state index >= 15 is 0 Å². The molecule has 146 valence electrons. The van der Waals surface area contributed by atoms with Crippen molar-refractivity contribution >= 4 is 22.6 Å². The van der Waals surface area contributed by atoms with E-state index in [4.69, 9.17) is 0 Å². The molecule has 6 nitrogen and oxygen atoms in total. The zero-order chi connectivity index (χ0) is 20.4. The molecule has 0 spiro atoms. The summed E-state index contributed by atoms with van der Waals surface area (Å²) >= 11 is 0. The van der Waals surface area contributed by atoms with Crippen LogP contribution < -0.4 is 10.1 Å². The van der Waals surface area contributed by atoms with Gasteiger partial charge in [-0.1, -0.05) is 30.3 Å². The number of fused-ring (bicyclic) bond motifs is 1. The molecular formula is C21H16F2N4O2. The first kappa shape index (κ1) is 18.5. The van der Waals surface area contributed by atoms with E-state index in [1.54, 1.807) is 16.9 Å². The van der Waals surface area contributed by atoms with Crippen molar-refractivity contribution in [2.24, 2.45) is 0 Å². The predicted octanol–water partition coefficient (Wildman–Crippen LogP) is 4.02. The van der Waals surface area contributed by atoms with Gasteiger partial charge in [0.25, 0.3) is 5.91 Å². The number of anilines is 1. The minimum atomic E-state index is -0.904. The van der Waals surface area contributed by atoms with Crippen molar-refractivity contribution < 1.29 is 18.3 Å². The number of rotatable bonds is 5. The fraction of sp³-hybridized carbons (Fsp3) is 0.0952. The predicted molar refractivity (Wildman–Crippen MR) is 104 cm³/mol. The zero-order valence-electron chi connectivity index (χ0n) is 15.4. The van der Waals surface area contributed by atoms with Crippen molar-refractivity contribution in [2.45, 2.75) is 6.54 Å². The fourth-order valence-corrected chi connectivity index (χ4v) is 3.00. The van der Waals surface area contributed by atoms with Gasteiger partial charge in [-0.15, -0.1) is 0 Å². The summed E-state index contributed by atoms with van der Waals surface area (Å²) in [6.07, 6.45) is 3.02. The molecule has 29 heavy (non-hydrogen) atoms. The molecule has 0 aliphatic rings. The molecule has 0 aliphatic carbocycles. The van der Waals surface area contributed by atoms with E-state index < -0.39 is 23.3 Å². The second kappa shape index (κ2) is 7.67. The Balaban J connectivity index is 1.56. The smallest absolute Gasteiger partial charge is 0.257 e. The first-order chi connectivity index (χ1) is 14.0. The highest BCUT2D eigenvalue weighted by molar-refractivity contribution is 6.05. The molecule has 4 rings (SSSR count). The highest BCUT2D eigenvalue weighted by Crippen LogP contribution is 2.25.